The number of aromatic nitrogens is 2. The van der Waals surface area contributed by atoms with Gasteiger partial charge in [-0.1, -0.05) is 15.9 Å². The Bertz CT molecular complexity index is 606. The first-order chi connectivity index (χ1) is 9.51. The molecular weight excluding hydrogens is 384 g/mol. The molecule has 0 aliphatic heterocycles. The van der Waals surface area contributed by atoms with Gasteiger partial charge in [0.25, 0.3) is 0 Å². The van der Waals surface area contributed by atoms with Gasteiger partial charge in [-0.05, 0) is 60.0 Å². The monoisotopic (exact) mass is 398 g/mol. The molecule has 0 spiro atoms. The van der Waals surface area contributed by atoms with Crippen LogP contribution in [0.25, 0.3) is 0 Å². The van der Waals surface area contributed by atoms with E-state index in [0.717, 1.165) is 27.0 Å². The summed E-state index contributed by atoms with van der Waals surface area (Å²) in [7, 11) is 0. The maximum Gasteiger partial charge on any atom is 0.224 e. The maximum absolute atomic E-state index is 4.45. The zero-order valence-electron chi connectivity index (χ0n) is 11.6. The Hall–Kier alpha value is -1.14. The molecule has 0 aliphatic rings. The number of halogens is 2. The predicted molar refractivity (Wildman–Crippen MR) is 90.8 cm³/mol. The van der Waals surface area contributed by atoms with E-state index in [4.69, 9.17) is 0 Å². The predicted octanol–water partition coefficient (Wildman–Crippen LogP) is 4.79. The minimum atomic E-state index is 0.615. The first kappa shape index (κ1) is 15.3. The van der Waals surface area contributed by atoms with E-state index in [0.29, 0.717) is 5.95 Å². The average Bonchev–Trinajstić information content (AvgIpc) is 2.40. The lowest BCUT2D eigenvalue weighted by molar-refractivity contribution is 1.08. The van der Waals surface area contributed by atoms with Gasteiger partial charge < -0.3 is 10.6 Å². The summed E-state index contributed by atoms with van der Waals surface area (Å²) in [6.07, 6.45) is 1.74. The Morgan fingerprint density at radius 3 is 2.40 bits per heavy atom. The second-order valence-corrected chi connectivity index (χ2v) is 6.12. The molecule has 0 saturated carbocycles. The molecule has 6 heteroatoms. The molecule has 0 atom stereocenters. The molecule has 1 heterocycles. The Kier molecular flexibility index (Phi) is 4.99. The highest BCUT2D eigenvalue weighted by Gasteiger charge is 2.07. The molecule has 0 aliphatic carbocycles. The summed E-state index contributed by atoms with van der Waals surface area (Å²) in [5, 5.41) is 6.42. The highest BCUT2D eigenvalue weighted by Crippen LogP contribution is 2.29. The van der Waals surface area contributed by atoms with Gasteiger partial charge in [-0.15, -0.1) is 0 Å². The van der Waals surface area contributed by atoms with Crippen LogP contribution in [0.1, 0.15) is 18.1 Å². The normalized spacial score (nSPS) is 10.4. The van der Waals surface area contributed by atoms with Gasteiger partial charge in [0.2, 0.25) is 5.95 Å². The first-order valence-electron chi connectivity index (χ1n) is 6.31. The molecule has 0 fully saturated rings. The van der Waals surface area contributed by atoms with Crippen LogP contribution in [-0.4, -0.2) is 16.5 Å². The van der Waals surface area contributed by atoms with E-state index in [1.54, 1.807) is 6.20 Å². The van der Waals surface area contributed by atoms with Gasteiger partial charge in [-0.25, -0.2) is 4.98 Å². The third kappa shape index (κ3) is 3.49. The molecule has 0 amide bonds. The minimum absolute atomic E-state index is 0.615. The average molecular weight is 400 g/mol. The molecule has 1 aromatic carbocycles. The van der Waals surface area contributed by atoms with Crippen LogP contribution in [0.2, 0.25) is 0 Å². The largest absolute Gasteiger partial charge is 0.354 e. The van der Waals surface area contributed by atoms with Crippen LogP contribution in [0.5, 0.6) is 0 Å². The molecule has 1 aromatic heterocycles. The summed E-state index contributed by atoms with van der Waals surface area (Å²) >= 11 is 7.04. The van der Waals surface area contributed by atoms with Crippen molar-refractivity contribution in [2.45, 2.75) is 20.8 Å². The van der Waals surface area contributed by atoms with E-state index in [2.05, 4.69) is 78.4 Å². The van der Waals surface area contributed by atoms with Crippen LogP contribution < -0.4 is 10.6 Å². The summed E-state index contributed by atoms with van der Waals surface area (Å²) in [4.78, 5) is 8.65. The number of hydrogen-bond acceptors (Lipinski definition) is 4. The number of rotatable bonds is 4. The third-order valence-electron chi connectivity index (χ3n) is 2.78. The number of anilines is 3. The molecule has 4 nitrogen and oxygen atoms in total. The zero-order valence-corrected chi connectivity index (χ0v) is 14.8. The molecule has 0 radical (unpaired) electrons. The third-order valence-corrected chi connectivity index (χ3v) is 4.61. The lowest BCUT2D eigenvalue weighted by Crippen LogP contribution is -2.04. The Balaban J connectivity index is 2.32. The second kappa shape index (κ2) is 6.54. The summed E-state index contributed by atoms with van der Waals surface area (Å²) in [5.74, 6) is 1.36. The molecular formula is C14H16Br2N4. The van der Waals surface area contributed by atoms with E-state index < -0.39 is 0 Å². The molecule has 2 rings (SSSR count). The summed E-state index contributed by atoms with van der Waals surface area (Å²) in [6.45, 7) is 6.94. The number of nitrogens with one attached hydrogen (secondary N) is 2. The molecule has 2 N–H and O–H groups in total. The first-order valence-corrected chi connectivity index (χ1v) is 7.90. The quantitative estimate of drug-likeness (QED) is 0.775. The standard InChI is InChI=1S/C14H16Br2N4/c1-4-17-14-18-7-11(15)13(20-14)19-10-5-8(2)12(16)9(3)6-10/h5-7H,4H2,1-3H3,(H2,17,18,19,20). The van der Waals surface area contributed by atoms with E-state index in [-0.39, 0.29) is 0 Å². The fourth-order valence-corrected chi connectivity index (χ4v) is 2.37. The van der Waals surface area contributed by atoms with Crippen LogP contribution in [0.3, 0.4) is 0 Å². The highest BCUT2D eigenvalue weighted by atomic mass is 79.9. The van der Waals surface area contributed by atoms with Crippen molar-refractivity contribution >= 4 is 49.3 Å². The van der Waals surface area contributed by atoms with Crippen molar-refractivity contribution in [1.82, 2.24) is 9.97 Å². The Morgan fingerprint density at radius 1 is 1.15 bits per heavy atom. The van der Waals surface area contributed by atoms with Crippen molar-refractivity contribution in [3.63, 3.8) is 0 Å². The van der Waals surface area contributed by atoms with Gasteiger partial charge in [0.15, 0.2) is 0 Å². The zero-order chi connectivity index (χ0) is 14.7. The van der Waals surface area contributed by atoms with Crippen LogP contribution in [0.4, 0.5) is 17.5 Å². The van der Waals surface area contributed by atoms with Crippen molar-refractivity contribution in [3.8, 4) is 0 Å². The Morgan fingerprint density at radius 2 is 1.80 bits per heavy atom. The van der Waals surface area contributed by atoms with Gasteiger partial charge in [0.1, 0.15) is 5.82 Å². The van der Waals surface area contributed by atoms with Crippen LogP contribution in [-0.2, 0) is 0 Å². The molecule has 106 valence electrons. The maximum atomic E-state index is 4.45. The lowest BCUT2D eigenvalue weighted by atomic mass is 10.1. The number of hydrogen-bond donors (Lipinski definition) is 2. The topological polar surface area (TPSA) is 49.8 Å². The van der Waals surface area contributed by atoms with Crippen molar-refractivity contribution < 1.29 is 0 Å². The van der Waals surface area contributed by atoms with E-state index in [1.165, 1.54) is 11.1 Å². The van der Waals surface area contributed by atoms with Crippen LogP contribution >= 0.6 is 31.9 Å². The minimum Gasteiger partial charge on any atom is -0.354 e. The molecule has 20 heavy (non-hydrogen) atoms. The van der Waals surface area contributed by atoms with E-state index in [1.807, 2.05) is 6.92 Å². The molecule has 0 saturated heterocycles. The van der Waals surface area contributed by atoms with Crippen molar-refractivity contribution in [3.05, 3.63) is 38.4 Å². The van der Waals surface area contributed by atoms with Gasteiger partial charge >= 0.3 is 0 Å². The fraction of sp³-hybridized carbons (Fsp3) is 0.286. The van der Waals surface area contributed by atoms with Crippen LogP contribution in [0.15, 0.2) is 27.3 Å². The number of nitrogens with zero attached hydrogens (tertiary/aromatic N) is 2. The molecule has 2 aromatic rings. The van der Waals surface area contributed by atoms with Crippen molar-refractivity contribution in [2.75, 3.05) is 17.2 Å². The summed E-state index contributed by atoms with van der Waals surface area (Å²) in [5.41, 5.74) is 3.37. The van der Waals surface area contributed by atoms with Crippen molar-refractivity contribution in [2.24, 2.45) is 0 Å². The fourth-order valence-electron chi connectivity index (χ4n) is 1.85. The molecule has 0 unspecified atom stereocenters. The second-order valence-electron chi connectivity index (χ2n) is 4.47. The number of aryl methyl sites for hydroxylation is 2. The van der Waals surface area contributed by atoms with E-state index >= 15 is 0 Å². The van der Waals surface area contributed by atoms with Gasteiger partial charge in [-0.2, -0.15) is 4.98 Å². The smallest absolute Gasteiger partial charge is 0.224 e. The molecule has 0 bridgehead atoms. The van der Waals surface area contributed by atoms with Gasteiger partial charge in [-0.3, -0.25) is 0 Å². The Labute approximate surface area is 135 Å². The van der Waals surface area contributed by atoms with Gasteiger partial charge in [0, 0.05) is 22.9 Å². The van der Waals surface area contributed by atoms with Gasteiger partial charge in [0.05, 0.1) is 4.47 Å². The SMILES string of the molecule is CCNc1ncc(Br)c(Nc2cc(C)c(Br)c(C)c2)n1. The summed E-state index contributed by atoms with van der Waals surface area (Å²) in [6, 6.07) is 4.16. The number of benzene rings is 1. The summed E-state index contributed by atoms with van der Waals surface area (Å²) < 4.78 is 1.97. The lowest BCUT2D eigenvalue weighted by Gasteiger charge is -2.12. The highest BCUT2D eigenvalue weighted by molar-refractivity contribution is 9.11. The van der Waals surface area contributed by atoms with E-state index in [9.17, 15) is 0 Å². The van der Waals surface area contributed by atoms with Crippen molar-refractivity contribution in [1.29, 1.82) is 0 Å². The van der Waals surface area contributed by atoms with Crippen LogP contribution in [0, 0.1) is 13.8 Å².